The summed E-state index contributed by atoms with van der Waals surface area (Å²) in [6.45, 7) is 4.38. The van der Waals surface area contributed by atoms with Gasteiger partial charge in [0.2, 0.25) is 0 Å². The van der Waals surface area contributed by atoms with Crippen LogP contribution < -0.4 is 5.32 Å². The molecule has 3 nitrogen and oxygen atoms in total. The zero-order chi connectivity index (χ0) is 6.10. The van der Waals surface area contributed by atoms with Crippen molar-refractivity contribution in [1.29, 1.82) is 0 Å². The van der Waals surface area contributed by atoms with Crippen molar-refractivity contribution in [3.63, 3.8) is 0 Å². The summed E-state index contributed by atoms with van der Waals surface area (Å²) >= 11 is 0. The second kappa shape index (κ2) is 2.08. The lowest BCUT2D eigenvalue weighted by molar-refractivity contribution is 0.209. The first-order valence-corrected chi connectivity index (χ1v) is 3.43. The van der Waals surface area contributed by atoms with Crippen molar-refractivity contribution in [1.82, 2.24) is 10.2 Å². The van der Waals surface area contributed by atoms with Crippen molar-refractivity contribution >= 4 is 6.21 Å². The molecule has 3 heteroatoms. The second-order valence-corrected chi connectivity index (χ2v) is 2.51. The molecule has 0 saturated carbocycles. The SMILES string of the molecule is C1=NC2CNCCN2C1. The fourth-order valence-electron chi connectivity index (χ4n) is 1.37. The van der Waals surface area contributed by atoms with Gasteiger partial charge in [-0.3, -0.25) is 9.89 Å². The molecule has 50 valence electrons. The van der Waals surface area contributed by atoms with Gasteiger partial charge in [-0.15, -0.1) is 0 Å². The minimum atomic E-state index is 0.457. The summed E-state index contributed by atoms with van der Waals surface area (Å²) in [4.78, 5) is 6.68. The second-order valence-electron chi connectivity index (χ2n) is 2.51. The molecule has 1 saturated heterocycles. The number of nitrogens with one attached hydrogen (secondary N) is 1. The van der Waals surface area contributed by atoms with Gasteiger partial charge in [-0.05, 0) is 0 Å². The van der Waals surface area contributed by atoms with Crippen LogP contribution in [0, 0.1) is 0 Å². The molecule has 1 fully saturated rings. The van der Waals surface area contributed by atoms with Gasteiger partial charge >= 0.3 is 0 Å². The average molecular weight is 125 g/mol. The number of hydrogen-bond acceptors (Lipinski definition) is 3. The van der Waals surface area contributed by atoms with Crippen LogP contribution in [0.4, 0.5) is 0 Å². The van der Waals surface area contributed by atoms with E-state index in [9.17, 15) is 0 Å². The van der Waals surface area contributed by atoms with E-state index in [0.29, 0.717) is 6.17 Å². The van der Waals surface area contributed by atoms with Crippen LogP contribution in [0.15, 0.2) is 4.99 Å². The highest BCUT2D eigenvalue weighted by molar-refractivity contribution is 5.62. The van der Waals surface area contributed by atoms with Gasteiger partial charge in [0.25, 0.3) is 0 Å². The molecule has 0 amide bonds. The molecule has 2 aliphatic heterocycles. The van der Waals surface area contributed by atoms with Crippen LogP contribution in [0.5, 0.6) is 0 Å². The van der Waals surface area contributed by atoms with Gasteiger partial charge in [-0.25, -0.2) is 0 Å². The van der Waals surface area contributed by atoms with Gasteiger partial charge in [0.15, 0.2) is 0 Å². The summed E-state index contributed by atoms with van der Waals surface area (Å²) in [5, 5.41) is 3.30. The Balaban J connectivity index is 2.03. The Kier molecular flexibility index (Phi) is 1.24. The summed E-state index contributed by atoms with van der Waals surface area (Å²) in [6, 6.07) is 0. The third kappa shape index (κ3) is 0.862. The summed E-state index contributed by atoms with van der Waals surface area (Å²) in [7, 11) is 0. The van der Waals surface area contributed by atoms with E-state index in [2.05, 4.69) is 15.2 Å². The molecule has 1 atom stereocenters. The smallest absolute Gasteiger partial charge is 0.114 e. The van der Waals surface area contributed by atoms with Crippen molar-refractivity contribution in [2.75, 3.05) is 26.2 Å². The number of nitrogens with zero attached hydrogens (tertiary/aromatic N) is 2. The average Bonchev–Trinajstić information content (AvgIpc) is 2.33. The molecule has 0 aliphatic carbocycles. The van der Waals surface area contributed by atoms with Crippen molar-refractivity contribution < 1.29 is 0 Å². The van der Waals surface area contributed by atoms with Crippen molar-refractivity contribution in [3.8, 4) is 0 Å². The Labute approximate surface area is 54.8 Å². The van der Waals surface area contributed by atoms with Crippen molar-refractivity contribution in [3.05, 3.63) is 0 Å². The molecule has 0 aromatic carbocycles. The Bertz CT molecular complexity index is 132. The molecular formula is C6H11N3. The van der Waals surface area contributed by atoms with Gasteiger partial charge in [0.1, 0.15) is 6.17 Å². The van der Waals surface area contributed by atoms with Crippen LogP contribution in [0.1, 0.15) is 0 Å². The quantitative estimate of drug-likeness (QED) is 0.463. The van der Waals surface area contributed by atoms with E-state index in [1.165, 1.54) is 0 Å². The first-order chi connectivity index (χ1) is 4.47. The number of rotatable bonds is 0. The lowest BCUT2D eigenvalue weighted by Crippen LogP contribution is -2.47. The maximum atomic E-state index is 4.30. The van der Waals surface area contributed by atoms with E-state index >= 15 is 0 Å². The van der Waals surface area contributed by atoms with E-state index in [-0.39, 0.29) is 0 Å². The van der Waals surface area contributed by atoms with Gasteiger partial charge in [0, 0.05) is 32.4 Å². The highest BCUT2D eigenvalue weighted by Gasteiger charge is 2.22. The van der Waals surface area contributed by atoms with E-state index < -0.39 is 0 Å². The summed E-state index contributed by atoms with van der Waals surface area (Å²) in [5.74, 6) is 0. The lowest BCUT2D eigenvalue weighted by Gasteiger charge is -2.27. The molecule has 2 heterocycles. The zero-order valence-electron chi connectivity index (χ0n) is 5.38. The molecule has 0 radical (unpaired) electrons. The molecule has 9 heavy (non-hydrogen) atoms. The van der Waals surface area contributed by atoms with Gasteiger partial charge in [0.05, 0.1) is 0 Å². The van der Waals surface area contributed by atoms with Gasteiger partial charge < -0.3 is 5.32 Å². The maximum absolute atomic E-state index is 4.30. The fraction of sp³-hybridized carbons (Fsp3) is 0.833. The largest absolute Gasteiger partial charge is 0.312 e. The van der Waals surface area contributed by atoms with E-state index in [1.807, 2.05) is 6.21 Å². The highest BCUT2D eigenvalue weighted by atomic mass is 15.3. The van der Waals surface area contributed by atoms with Gasteiger partial charge in [-0.1, -0.05) is 0 Å². The van der Waals surface area contributed by atoms with Crippen LogP contribution in [-0.4, -0.2) is 43.5 Å². The predicted molar refractivity (Wildman–Crippen MR) is 36.7 cm³/mol. The summed E-state index contributed by atoms with van der Waals surface area (Å²) in [6.07, 6.45) is 2.47. The van der Waals surface area contributed by atoms with Crippen molar-refractivity contribution in [2.24, 2.45) is 4.99 Å². The molecule has 1 unspecified atom stereocenters. The monoisotopic (exact) mass is 125 g/mol. The molecule has 0 spiro atoms. The number of piperazine rings is 1. The molecule has 0 aromatic heterocycles. The van der Waals surface area contributed by atoms with Crippen LogP contribution in [-0.2, 0) is 0 Å². The fourth-order valence-corrected chi connectivity index (χ4v) is 1.37. The van der Waals surface area contributed by atoms with E-state index in [0.717, 1.165) is 26.2 Å². The molecule has 0 aromatic rings. The molecule has 2 aliphatic rings. The normalized spacial score (nSPS) is 34.9. The number of hydrogen-bond donors (Lipinski definition) is 1. The van der Waals surface area contributed by atoms with E-state index in [4.69, 9.17) is 0 Å². The van der Waals surface area contributed by atoms with Crippen LogP contribution in [0.2, 0.25) is 0 Å². The molecular weight excluding hydrogens is 114 g/mol. The van der Waals surface area contributed by atoms with Crippen LogP contribution in [0.3, 0.4) is 0 Å². The predicted octanol–water partition coefficient (Wildman–Crippen LogP) is -0.698. The van der Waals surface area contributed by atoms with Crippen molar-refractivity contribution in [2.45, 2.75) is 6.17 Å². The Morgan fingerprint density at radius 1 is 1.67 bits per heavy atom. The van der Waals surface area contributed by atoms with Crippen LogP contribution in [0.25, 0.3) is 0 Å². The first-order valence-electron chi connectivity index (χ1n) is 3.43. The first kappa shape index (κ1) is 5.38. The Hall–Kier alpha value is -0.410. The highest BCUT2D eigenvalue weighted by Crippen LogP contribution is 2.06. The Morgan fingerprint density at radius 3 is 3.56 bits per heavy atom. The molecule has 2 rings (SSSR count). The maximum Gasteiger partial charge on any atom is 0.114 e. The lowest BCUT2D eigenvalue weighted by atomic mass is 10.3. The number of fused-ring (bicyclic) bond motifs is 1. The number of aliphatic imine (C=N–C) groups is 1. The minimum absolute atomic E-state index is 0.457. The third-order valence-electron chi connectivity index (χ3n) is 1.92. The Morgan fingerprint density at radius 2 is 2.67 bits per heavy atom. The minimum Gasteiger partial charge on any atom is -0.312 e. The van der Waals surface area contributed by atoms with Gasteiger partial charge in [-0.2, -0.15) is 0 Å². The topological polar surface area (TPSA) is 27.6 Å². The summed E-state index contributed by atoms with van der Waals surface area (Å²) in [5.41, 5.74) is 0. The molecule has 1 N–H and O–H groups in total. The zero-order valence-corrected chi connectivity index (χ0v) is 5.38. The summed E-state index contributed by atoms with van der Waals surface area (Å²) < 4.78 is 0. The standard InChI is InChI=1S/C6H11N3/c1-3-9-4-2-8-6(9)5-7-1/h2,6-7H,1,3-5H2. The third-order valence-corrected chi connectivity index (χ3v) is 1.92. The van der Waals surface area contributed by atoms with Crippen LogP contribution >= 0.6 is 0 Å². The molecule has 0 bridgehead atoms. The van der Waals surface area contributed by atoms with E-state index in [1.54, 1.807) is 0 Å².